The second-order valence-corrected chi connectivity index (χ2v) is 8.04. The highest BCUT2D eigenvalue weighted by molar-refractivity contribution is 7.12. The van der Waals surface area contributed by atoms with Crippen molar-refractivity contribution in [1.82, 2.24) is 0 Å². The number of anilines is 1. The number of nitrogens with one attached hydrogen (secondary N) is 1. The van der Waals surface area contributed by atoms with Gasteiger partial charge in [-0.2, -0.15) is 13.2 Å². The summed E-state index contributed by atoms with van der Waals surface area (Å²) in [4.78, 5) is 37.5. The zero-order valence-corrected chi connectivity index (χ0v) is 17.1. The van der Waals surface area contributed by atoms with E-state index in [4.69, 9.17) is 16.3 Å². The summed E-state index contributed by atoms with van der Waals surface area (Å²) in [5.74, 6) is -1.96. The van der Waals surface area contributed by atoms with Crippen LogP contribution < -0.4 is 5.32 Å². The van der Waals surface area contributed by atoms with E-state index in [0.717, 1.165) is 15.8 Å². The normalized spacial score (nSPS) is 11.2. The lowest BCUT2D eigenvalue weighted by Crippen LogP contribution is -2.23. The second kappa shape index (κ2) is 9.41. The molecule has 0 atom stereocenters. The number of carbonyl (C=O) groups is 3. The minimum absolute atomic E-state index is 0.0904. The van der Waals surface area contributed by atoms with Crippen molar-refractivity contribution in [3.8, 4) is 0 Å². The average Bonchev–Trinajstić information content (AvgIpc) is 2.97. The van der Waals surface area contributed by atoms with Gasteiger partial charge in [-0.25, -0.2) is 0 Å². The fraction of sp³-hybridized carbons (Fsp3) is 0.316. The Morgan fingerprint density at radius 1 is 1.14 bits per heavy atom. The van der Waals surface area contributed by atoms with Crippen molar-refractivity contribution in [2.45, 2.75) is 32.9 Å². The van der Waals surface area contributed by atoms with E-state index in [2.05, 4.69) is 0 Å². The molecule has 0 aliphatic heterocycles. The molecule has 0 aliphatic carbocycles. The molecule has 2 aromatic rings. The Bertz CT molecular complexity index is 940. The summed E-state index contributed by atoms with van der Waals surface area (Å²) in [5.41, 5.74) is -1.07. The lowest BCUT2D eigenvalue weighted by molar-refractivity contribution is -0.147. The van der Waals surface area contributed by atoms with Gasteiger partial charge in [0.25, 0.3) is 5.91 Å². The Kier molecular flexibility index (Phi) is 7.43. The standard InChI is InChI=1S/C19H17ClF3NO4S/c1-10-7-13(11(2)29-10)16(25)5-6-18(27)28-9-17(26)24-15-4-3-12(20)8-14(15)19(21,22)23/h3-4,7-8H,5-6,9H2,1-2H3,(H,24,26). The van der Waals surface area contributed by atoms with Crippen LogP contribution in [0.25, 0.3) is 0 Å². The quantitative estimate of drug-likeness (QED) is 0.468. The zero-order valence-electron chi connectivity index (χ0n) is 15.5. The van der Waals surface area contributed by atoms with Crippen LogP contribution in [-0.2, 0) is 20.5 Å². The largest absolute Gasteiger partial charge is 0.456 e. The van der Waals surface area contributed by atoms with Crippen LogP contribution in [0.1, 0.15) is 38.5 Å². The van der Waals surface area contributed by atoms with E-state index in [1.807, 2.05) is 12.2 Å². The SMILES string of the molecule is Cc1cc(C(=O)CCC(=O)OCC(=O)Nc2ccc(Cl)cc2C(F)(F)F)c(C)s1. The molecule has 156 valence electrons. The summed E-state index contributed by atoms with van der Waals surface area (Å²) in [7, 11) is 0. The summed E-state index contributed by atoms with van der Waals surface area (Å²) >= 11 is 7.04. The number of hydrogen-bond acceptors (Lipinski definition) is 5. The molecule has 0 aliphatic rings. The third-order valence-corrected chi connectivity index (χ3v) is 5.02. The van der Waals surface area contributed by atoms with E-state index < -0.39 is 35.9 Å². The van der Waals surface area contributed by atoms with Crippen molar-refractivity contribution in [3.63, 3.8) is 0 Å². The molecule has 1 N–H and O–H groups in total. The molecule has 0 radical (unpaired) electrons. The molecule has 1 aromatic heterocycles. The Hall–Kier alpha value is -2.39. The highest BCUT2D eigenvalue weighted by Crippen LogP contribution is 2.36. The van der Waals surface area contributed by atoms with Crippen LogP contribution in [0.3, 0.4) is 0 Å². The fourth-order valence-corrected chi connectivity index (χ4v) is 3.64. The van der Waals surface area contributed by atoms with E-state index in [1.165, 1.54) is 17.4 Å². The average molecular weight is 448 g/mol. The van der Waals surface area contributed by atoms with Crippen molar-refractivity contribution in [3.05, 3.63) is 50.2 Å². The fourth-order valence-electron chi connectivity index (χ4n) is 2.52. The molecule has 29 heavy (non-hydrogen) atoms. The van der Waals surface area contributed by atoms with E-state index in [-0.39, 0.29) is 23.6 Å². The molecule has 10 heteroatoms. The molecule has 0 bridgehead atoms. The predicted molar refractivity (Wildman–Crippen MR) is 103 cm³/mol. The summed E-state index contributed by atoms with van der Waals surface area (Å²) in [6, 6.07) is 4.63. The first-order valence-corrected chi connectivity index (χ1v) is 9.59. The van der Waals surface area contributed by atoms with Crippen LogP contribution in [-0.4, -0.2) is 24.3 Å². The van der Waals surface area contributed by atoms with Gasteiger partial charge in [-0.3, -0.25) is 14.4 Å². The van der Waals surface area contributed by atoms with Gasteiger partial charge >= 0.3 is 12.1 Å². The van der Waals surface area contributed by atoms with Gasteiger partial charge in [-0.05, 0) is 38.1 Å². The van der Waals surface area contributed by atoms with Crippen LogP contribution in [0, 0.1) is 13.8 Å². The molecule has 0 fully saturated rings. The molecule has 1 amide bonds. The number of aryl methyl sites for hydroxylation is 2. The number of ketones is 1. The van der Waals surface area contributed by atoms with Crippen molar-refractivity contribution >= 4 is 46.3 Å². The molecule has 0 saturated heterocycles. The highest BCUT2D eigenvalue weighted by atomic mass is 35.5. The molecule has 0 unspecified atom stereocenters. The van der Waals surface area contributed by atoms with Gasteiger partial charge in [0, 0.05) is 26.8 Å². The van der Waals surface area contributed by atoms with Gasteiger partial charge in [0.15, 0.2) is 12.4 Å². The summed E-state index contributed by atoms with van der Waals surface area (Å²) in [6.07, 6.45) is -5.05. The number of alkyl halides is 3. The van der Waals surface area contributed by atoms with Crippen molar-refractivity contribution in [2.75, 3.05) is 11.9 Å². The van der Waals surface area contributed by atoms with Crippen molar-refractivity contribution in [2.24, 2.45) is 0 Å². The van der Waals surface area contributed by atoms with Crippen LogP contribution >= 0.6 is 22.9 Å². The molecule has 0 saturated carbocycles. The van der Waals surface area contributed by atoms with Crippen LogP contribution in [0.5, 0.6) is 0 Å². The van der Waals surface area contributed by atoms with Gasteiger partial charge in [-0.1, -0.05) is 11.6 Å². The molecule has 1 heterocycles. The Balaban J connectivity index is 1.86. The number of benzene rings is 1. The van der Waals surface area contributed by atoms with Gasteiger partial charge in [0.1, 0.15) is 0 Å². The van der Waals surface area contributed by atoms with Gasteiger partial charge in [-0.15, -0.1) is 11.3 Å². The number of halogens is 4. The number of amides is 1. The van der Waals surface area contributed by atoms with Gasteiger partial charge in [0.2, 0.25) is 0 Å². The molecule has 5 nitrogen and oxygen atoms in total. The zero-order chi connectivity index (χ0) is 21.8. The maximum absolute atomic E-state index is 13.0. The Morgan fingerprint density at radius 2 is 1.83 bits per heavy atom. The third-order valence-electron chi connectivity index (χ3n) is 3.82. The number of thiophene rings is 1. The number of Topliss-reactive ketones (excluding diaryl/α,β-unsaturated/α-hetero) is 1. The minimum atomic E-state index is -4.72. The van der Waals surface area contributed by atoms with Gasteiger partial charge < -0.3 is 10.1 Å². The van der Waals surface area contributed by atoms with E-state index >= 15 is 0 Å². The van der Waals surface area contributed by atoms with Crippen LogP contribution in [0.15, 0.2) is 24.3 Å². The molecule has 1 aromatic carbocycles. The number of carbonyl (C=O) groups excluding carboxylic acids is 3. The Labute approximate surface area is 173 Å². The van der Waals surface area contributed by atoms with Crippen LogP contribution in [0.2, 0.25) is 5.02 Å². The lowest BCUT2D eigenvalue weighted by atomic mass is 10.1. The smallest absolute Gasteiger partial charge is 0.418 e. The van der Waals surface area contributed by atoms with E-state index in [0.29, 0.717) is 11.6 Å². The monoisotopic (exact) mass is 447 g/mol. The lowest BCUT2D eigenvalue weighted by Gasteiger charge is -2.14. The summed E-state index contributed by atoms with van der Waals surface area (Å²) < 4.78 is 43.8. The van der Waals surface area contributed by atoms with Gasteiger partial charge in [0.05, 0.1) is 17.7 Å². The first-order chi connectivity index (χ1) is 13.5. The molecular weight excluding hydrogens is 431 g/mol. The highest BCUT2D eigenvalue weighted by Gasteiger charge is 2.34. The molecule has 0 spiro atoms. The maximum Gasteiger partial charge on any atom is 0.418 e. The molecule has 2 rings (SSSR count). The predicted octanol–water partition coefficient (Wildman–Crippen LogP) is 5.18. The minimum Gasteiger partial charge on any atom is -0.456 e. The first-order valence-electron chi connectivity index (χ1n) is 8.40. The van der Waals surface area contributed by atoms with E-state index in [9.17, 15) is 27.6 Å². The van der Waals surface area contributed by atoms with Crippen molar-refractivity contribution in [1.29, 1.82) is 0 Å². The van der Waals surface area contributed by atoms with Crippen LogP contribution in [0.4, 0.5) is 18.9 Å². The number of ether oxygens (including phenoxy) is 1. The Morgan fingerprint density at radius 3 is 2.41 bits per heavy atom. The first kappa shape index (κ1) is 22.9. The topological polar surface area (TPSA) is 72.5 Å². The number of rotatable bonds is 7. The molecular formula is C19H17ClF3NO4S. The summed E-state index contributed by atoms with van der Waals surface area (Å²) in [5, 5.41) is 1.90. The van der Waals surface area contributed by atoms with E-state index in [1.54, 1.807) is 13.0 Å². The number of esters is 1. The maximum atomic E-state index is 13.0. The van der Waals surface area contributed by atoms with Crippen molar-refractivity contribution < 1.29 is 32.3 Å². The second-order valence-electron chi connectivity index (χ2n) is 6.15. The third kappa shape index (κ3) is 6.57. The number of hydrogen-bond donors (Lipinski definition) is 1. The summed E-state index contributed by atoms with van der Waals surface area (Å²) in [6.45, 7) is 2.90.